The molecule has 0 saturated carbocycles. The maximum Gasteiger partial charge on any atom is 0.268 e. The highest BCUT2D eigenvalue weighted by atomic mass is 32.2. The number of hydrogen-bond acceptors (Lipinski definition) is 4. The molecule has 1 aliphatic heterocycles. The number of anilines is 1. The molecule has 1 aliphatic rings. The van der Waals surface area contributed by atoms with Crippen molar-refractivity contribution in [1.29, 1.82) is 0 Å². The highest BCUT2D eigenvalue weighted by Gasteiger charge is 2.38. The molecule has 10 heteroatoms. The predicted octanol–water partition coefficient (Wildman–Crippen LogP) is 5.28. The van der Waals surface area contributed by atoms with Crippen molar-refractivity contribution in [2.24, 2.45) is 7.05 Å². The van der Waals surface area contributed by atoms with Crippen molar-refractivity contribution in [2.75, 3.05) is 18.0 Å². The van der Waals surface area contributed by atoms with Crippen molar-refractivity contribution in [3.05, 3.63) is 71.4 Å². The molecule has 2 aromatic heterocycles. The second-order valence-corrected chi connectivity index (χ2v) is 9.81. The number of carbonyl (C=O) groups is 1. The Hall–Kier alpha value is -3.40. The first-order valence-electron chi connectivity index (χ1n) is 11.2. The molecule has 3 heterocycles. The molecule has 0 bridgehead atoms. The molecule has 1 saturated heterocycles. The molecule has 1 amide bonds. The van der Waals surface area contributed by atoms with Crippen LogP contribution in [-0.2, 0) is 13.6 Å². The number of carbonyl (C=O) groups excluding carboxylic acids is 1. The number of alkyl halides is 2. The van der Waals surface area contributed by atoms with Crippen molar-refractivity contribution < 1.29 is 18.0 Å². The lowest BCUT2D eigenvalue weighted by Crippen LogP contribution is -2.28. The zero-order valence-electron chi connectivity index (χ0n) is 19.2. The molecule has 1 fully saturated rings. The molecule has 0 radical (unpaired) electrons. The van der Waals surface area contributed by atoms with Crippen molar-refractivity contribution in [2.45, 2.75) is 35.6 Å². The summed E-state index contributed by atoms with van der Waals surface area (Å²) in [5.74, 6) is -3.44. The molecule has 182 valence electrons. The van der Waals surface area contributed by atoms with E-state index in [1.54, 1.807) is 23.1 Å². The van der Waals surface area contributed by atoms with Gasteiger partial charge in [-0.05, 0) is 42.8 Å². The van der Waals surface area contributed by atoms with E-state index in [-0.39, 0.29) is 32.0 Å². The second-order valence-electron chi connectivity index (χ2n) is 8.70. The fourth-order valence-electron chi connectivity index (χ4n) is 4.32. The summed E-state index contributed by atoms with van der Waals surface area (Å²) in [5.41, 5.74) is 3.42. The van der Waals surface area contributed by atoms with Crippen LogP contribution >= 0.6 is 11.8 Å². The van der Waals surface area contributed by atoms with E-state index in [1.165, 1.54) is 11.8 Å². The second kappa shape index (κ2) is 8.99. The van der Waals surface area contributed by atoms with Crippen LogP contribution in [0.2, 0.25) is 0 Å². The van der Waals surface area contributed by atoms with E-state index in [0.717, 1.165) is 21.0 Å². The SMILES string of the molecule is Cc1c(Sc2ccc3n[nH]c(F)c3c2)cc(C(=O)NCc2ccccc2N2CCC(F)(F)C2)n1C. The predicted molar refractivity (Wildman–Crippen MR) is 130 cm³/mol. The van der Waals surface area contributed by atoms with Crippen LogP contribution in [0.15, 0.2) is 58.3 Å². The lowest BCUT2D eigenvalue weighted by molar-refractivity contribution is 0.0257. The van der Waals surface area contributed by atoms with Crippen molar-refractivity contribution in [3.63, 3.8) is 0 Å². The molecular formula is C25H24F3N5OS. The number of nitrogens with one attached hydrogen (secondary N) is 2. The van der Waals surface area contributed by atoms with Crippen molar-refractivity contribution >= 4 is 34.3 Å². The number of halogens is 3. The molecular weight excluding hydrogens is 475 g/mol. The van der Waals surface area contributed by atoms with Crippen LogP contribution < -0.4 is 10.2 Å². The molecule has 0 spiro atoms. The number of amides is 1. The summed E-state index contributed by atoms with van der Waals surface area (Å²) in [7, 11) is 1.81. The zero-order valence-corrected chi connectivity index (χ0v) is 20.1. The van der Waals surface area contributed by atoms with Crippen LogP contribution in [0.4, 0.5) is 18.9 Å². The number of H-pyrrole nitrogens is 1. The maximum atomic E-state index is 13.9. The molecule has 35 heavy (non-hydrogen) atoms. The van der Waals surface area contributed by atoms with E-state index in [0.29, 0.717) is 22.3 Å². The molecule has 2 aromatic carbocycles. The topological polar surface area (TPSA) is 66.0 Å². The third-order valence-electron chi connectivity index (χ3n) is 6.37. The standard InChI is InChI=1S/C25H24F3N5OS/c1-15-22(35-17-7-8-19-18(11-17)23(26)31-30-19)12-21(32(15)2)24(34)29-13-16-5-3-4-6-20(16)33-10-9-25(27,28)14-33/h3-8,11-12H,9-10,13-14H2,1-2H3,(H,29,34)(H,30,31). The molecule has 6 nitrogen and oxygen atoms in total. The molecule has 0 atom stereocenters. The Morgan fingerprint density at radius 3 is 2.80 bits per heavy atom. The van der Waals surface area contributed by atoms with Crippen LogP contribution in [-0.4, -0.2) is 39.7 Å². The summed E-state index contributed by atoms with van der Waals surface area (Å²) < 4.78 is 43.1. The summed E-state index contributed by atoms with van der Waals surface area (Å²) >= 11 is 1.44. The van der Waals surface area contributed by atoms with Gasteiger partial charge in [0.15, 0.2) is 0 Å². The van der Waals surface area contributed by atoms with E-state index in [4.69, 9.17) is 0 Å². The Morgan fingerprint density at radius 2 is 2.03 bits per heavy atom. The van der Waals surface area contributed by atoms with Crippen LogP contribution in [0.25, 0.3) is 10.9 Å². The Morgan fingerprint density at radius 1 is 1.23 bits per heavy atom. The summed E-state index contributed by atoms with van der Waals surface area (Å²) in [6.07, 6.45) is -0.170. The number of para-hydroxylation sites is 1. The number of aromatic nitrogens is 3. The van der Waals surface area contributed by atoms with Gasteiger partial charge in [-0.15, -0.1) is 0 Å². The number of fused-ring (bicyclic) bond motifs is 1. The average molecular weight is 500 g/mol. The summed E-state index contributed by atoms with van der Waals surface area (Å²) in [5, 5.41) is 9.58. The Bertz CT molecular complexity index is 1410. The minimum absolute atomic E-state index is 0.170. The monoisotopic (exact) mass is 499 g/mol. The third-order valence-corrected chi connectivity index (χ3v) is 7.49. The fraction of sp³-hybridized carbons (Fsp3) is 0.280. The van der Waals surface area contributed by atoms with Gasteiger partial charge in [-0.25, -0.2) is 8.78 Å². The van der Waals surface area contributed by atoms with Gasteiger partial charge in [0.05, 0.1) is 17.4 Å². The first-order valence-corrected chi connectivity index (χ1v) is 12.0. The zero-order chi connectivity index (χ0) is 24.7. The number of rotatable bonds is 6. The van der Waals surface area contributed by atoms with Gasteiger partial charge in [0.2, 0.25) is 5.95 Å². The lowest BCUT2D eigenvalue weighted by atomic mass is 10.1. The van der Waals surface area contributed by atoms with E-state index in [9.17, 15) is 18.0 Å². The number of benzene rings is 2. The quantitative estimate of drug-likeness (QED) is 0.379. The van der Waals surface area contributed by atoms with Crippen LogP contribution in [0.3, 0.4) is 0 Å². The van der Waals surface area contributed by atoms with Crippen molar-refractivity contribution in [1.82, 2.24) is 20.1 Å². The molecule has 2 N–H and O–H groups in total. The van der Waals surface area contributed by atoms with Gasteiger partial charge in [0.1, 0.15) is 5.69 Å². The third kappa shape index (κ3) is 4.62. The first-order chi connectivity index (χ1) is 16.7. The normalized spacial score (nSPS) is 15.2. The summed E-state index contributed by atoms with van der Waals surface area (Å²) in [4.78, 5) is 16.4. The van der Waals surface area contributed by atoms with Gasteiger partial charge in [-0.3, -0.25) is 9.89 Å². The number of aromatic amines is 1. The van der Waals surface area contributed by atoms with E-state index < -0.39 is 11.9 Å². The summed E-state index contributed by atoms with van der Waals surface area (Å²) in [6, 6.07) is 14.4. The van der Waals surface area contributed by atoms with Gasteiger partial charge in [0, 0.05) is 47.7 Å². The Balaban J connectivity index is 1.31. The van der Waals surface area contributed by atoms with Gasteiger partial charge in [-0.2, -0.15) is 9.49 Å². The molecule has 5 rings (SSSR count). The van der Waals surface area contributed by atoms with Crippen molar-refractivity contribution in [3.8, 4) is 0 Å². The van der Waals surface area contributed by atoms with Gasteiger partial charge in [-0.1, -0.05) is 30.0 Å². The Kier molecular flexibility index (Phi) is 6.00. The van der Waals surface area contributed by atoms with E-state index >= 15 is 0 Å². The number of nitrogens with zero attached hydrogens (tertiary/aromatic N) is 3. The molecule has 0 unspecified atom stereocenters. The molecule has 4 aromatic rings. The minimum Gasteiger partial charge on any atom is -0.365 e. The highest BCUT2D eigenvalue weighted by Crippen LogP contribution is 2.35. The van der Waals surface area contributed by atoms with Gasteiger partial charge < -0.3 is 14.8 Å². The van der Waals surface area contributed by atoms with Gasteiger partial charge in [0.25, 0.3) is 11.8 Å². The molecule has 0 aliphatic carbocycles. The van der Waals surface area contributed by atoms with Gasteiger partial charge >= 0.3 is 0 Å². The van der Waals surface area contributed by atoms with Crippen LogP contribution in [0.5, 0.6) is 0 Å². The Labute approximate surface area is 204 Å². The maximum absolute atomic E-state index is 13.9. The summed E-state index contributed by atoms with van der Waals surface area (Å²) in [6.45, 7) is 2.10. The minimum atomic E-state index is -2.70. The van der Waals surface area contributed by atoms with E-state index in [2.05, 4.69) is 15.5 Å². The first kappa shape index (κ1) is 23.3. The number of hydrogen-bond donors (Lipinski definition) is 2. The smallest absolute Gasteiger partial charge is 0.268 e. The highest BCUT2D eigenvalue weighted by molar-refractivity contribution is 7.99. The average Bonchev–Trinajstić information content (AvgIpc) is 3.48. The lowest BCUT2D eigenvalue weighted by Gasteiger charge is -2.22. The van der Waals surface area contributed by atoms with Crippen LogP contribution in [0.1, 0.15) is 28.2 Å². The van der Waals surface area contributed by atoms with E-state index in [1.807, 2.05) is 48.9 Å². The van der Waals surface area contributed by atoms with Crippen LogP contribution in [0, 0.1) is 12.9 Å². The fourth-order valence-corrected chi connectivity index (χ4v) is 5.34. The largest absolute Gasteiger partial charge is 0.365 e.